The van der Waals surface area contributed by atoms with Crippen LogP contribution in [0.4, 0.5) is 5.69 Å². The molecule has 0 saturated carbocycles. The number of methoxy groups -OCH3 is 1. The van der Waals surface area contributed by atoms with Gasteiger partial charge in [0.05, 0.1) is 12.1 Å². The maximum atomic E-state index is 8.82. The number of piperidine rings is 1. The Kier molecular flexibility index (Phi) is 6.60. The van der Waals surface area contributed by atoms with Crippen molar-refractivity contribution in [1.82, 2.24) is 4.90 Å². The highest BCUT2D eigenvalue weighted by molar-refractivity contribution is 6.32. The molecule has 2 aromatic rings. The summed E-state index contributed by atoms with van der Waals surface area (Å²) < 4.78 is 11.0. The number of fused-ring (bicyclic) bond motifs is 1. The van der Waals surface area contributed by atoms with E-state index in [9.17, 15) is 0 Å². The highest BCUT2D eigenvalue weighted by Crippen LogP contribution is 2.40. The zero-order valence-corrected chi connectivity index (χ0v) is 19.3. The fraction of sp³-hybridized carbons (Fsp3) is 0.480. The van der Waals surface area contributed by atoms with Gasteiger partial charge in [0, 0.05) is 43.5 Å². The minimum atomic E-state index is 0.0859. The molecule has 2 aliphatic rings. The van der Waals surface area contributed by atoms with E-state index in [4.69, 9.17) is 26.3 Å². The van der Waals surface area contributed by atoms with Crippen molar-refractivity contribution in [1.29, 1.82) is 5.26 Å². The predicted molar refractivity (Wildman–Crippen MR) is 124 cm³/mol. The zero-order valence-electron chi connectivity index (χ0n) is 18.5. The number of benzene rings is 2. The zero-order chi connectivity index (χ0) is 22.0. The van der Waals surface area contributed by atoms with Crippen LogP contribution in [0.2, 0.25) is 5.02 Å². The van der Waals surface area contributed by atoms with Crippen molar-refractivity contribution in [2.24, 2.45) is 0 Å². The second-order valence-corrected chi connectivity index (χ2v) is 8.86. The van der Waals surface area contributed by atoms with E-state index in [1.165, 1.54) is 36.1 Å². The van der Waals surface area contributed by atoms with Crippen LogP contribution in [0.5, 0.6) is 11.5 Å². The summed E-state index contributed by atoms with van der Waals surface area (Å²) in [6.45, 7) is 7.40. The van der Waals surface area contributed by atoms with Gasteiger partial charge in [-0.25, -0.2) is 0 Å². The van der Waals surface area contributed by atoms with Gasteiger partial charge < -0.3 is 14.4 Å². The molecule has 31 heavy (non-hydrogen) atoms. The molecule has 2 fully saturated rings. The standard InChI is InChI=1S/C25H30ClN3O2/c1-17-18(2)24(31-14-11-27)10-8-21(17)23-6-4-5-20-16-28(12-13-29(20)23)19-7-9-22(26)25(15-19)30-3/h7-10,15,20,23H,4-6,12-14,16H2,1-3H3/t20?,23-/m1/s1. The van der Waals surface area contributed by atoms with Gasteiger partial charge in [-0.15, -0.1) is 0 Å². The summed E-state index contributed by atoms with van der Waals surface area (Å²) in [4.78, 5) is 5.16. The Labute approximate surface area is 190 Å². The second kappa shape index (κ2) is 9.38. The SMILES string of the molecule is COc1cc(N2CCN3C(CCC[C@@H]3c3ccc(OCC#N)c(C)c3C)C2)ccc1Cl. The molecule has 0 aromatic heterocycles. The molecule has 1 unspecified atom stereocenters. The third kappa shape index (κ3) is 4.33. The summed E-state index contributed by atoms with van der Waals surface area (Å²) in [6.07, 6.45) is 3.64. The number of hydrogen-bond donors (Lipinski definition) is 0. The maximum Gasteiger partial charge on any atom is 0.174 e. The minimum absolute atomic E-state index is 0.0859. The number of halogens is 1. The first-order valence-electron chi connectivity index (χ1n) is 11.0. The van der Waals surface area contributed by atoms with E-state index in [0.29, 0.717) is 17.1 Å². The number of piperazine rings is 1. The van der Waals surface area contributed by atoms with Gasteiger partial charge in [-0.1, -0.05) is 17.7 Å². The molecular formula is C25H30ClN3O2. The fourth-order valence-corrected chi connectivity index (χ4v) is 5.30. The van der Waals surface area contributed by atoms with Crippen LogP contribution < -0.4 is 14.4 Å². The first-order valence-corrected chi connectivity index (χ1v) is 11.4. The topological polar surface area (TPSA) is 48.7 Å². The predicted octanol–water partition coefficient (Wildman–Crippen LogP) is 5.28. The van der Waals surface area contributed by atoms with Crippen molar-refractivity contribution in [3.8, 4) is 17.6 Å². The molecule has 6 heteroatoms. The lowest BCUT2D eigenvalue weighted by atomic mass is 9.86. The third-order valence-electron chi connectivity index (χ3n) is 6.87. The molecule has 2 heterocycles. The molecule has 0 N–H and O–H groups in total. The first kappa shape index (κ1) is 21.8. The normalized spacial score (nSPS) is 21.3. The molecule has 4 rings (SSSR count). The fourth-order valence-electron chi connectivity index (χ4n) is 5.11. The van der Waals surface area contributed by atoms with Gasteiger partial charge in [0.2, 0.25) is 0 Å². The molecule has 2 aromatic carbocycles. The quantitative estimate of drug-likeness (QED) is 0.634. The van der Waals surface area contributed by atoms with Crippen LogP contribution in [0, 0.1) is 25.2 Å². The summed E-state index contributed by atoms with van der Waals surface area (Å²) in [5, 5.41) is 9.47. The van der Waals surface area contributed by atoms with Crippen molar-refractivity contribution >= 4 is 17.3 Å². The van der Waals surface area contributed by atoms with Crippen LogP contribution in [0.25, 0.3) is 0 Å². The Balaban J connectivity index is 1.53. The number of hydrogen-bond acceptors (Lipinski definition) is 5. The van der Waals surface area contributed by atoms with Gasteiger partial charge in [-0.05, 0) is 68.0 Å². The molecule has 2 atom stereocenters. The molecule has 0 radical (unpaired) electrons. The summed E-state index contributed by atoms with van der Waals surface area (Å²) in [5.74, 6) is 1.55. The van der Waals surface area contributed by atoms with Crippen molar-refractivity contribution in [2.75, 3.05) is 38.3 Å². The Morgan fingerprint density at radius 1 is 1.10 bits per heavy atom. The van der Waals surface area contributed by atoms with Gasteiger partial charge in [-0.3, -0.25) is 4.90 Å². The largest absolute Gasteiger partial charge is 0.495 e. The monoisotopic (exact) mass is 439 g/mol. The molecule has 2 saturated heterocycles. The van der Waals surface area contributed by atoms with E-state index in [1.54, 1.807) is 7.11 Å². The Bertz CT molecular complexity index is 987. The lowest BCUT2D eigenvalue weighted by Crippen LogP contribution is -2.56. The highest BCUT2D eigenvalue weighted by atomic mass is 35.5. The average Bonchev–Trinajstić information content (AvgIpc) is 2.80. The van der Waals surface area contributed by atoms with Crippen LogP contribution in [0.1, 0.15) is 42.0 Å². The lowest BCUT2D eigenvalue weighted by molar-refractivity contribution is 0.0712. The summed E-state index contributed by atoms with van der Waals surface area (Å²) in [5.41, 5.74) is 5.00. The number of ether oxygens (including phenoxy) is 2. The molecule has 2 aliphatic heterocycles. The smallest absolute Gasteiger partial charge is 0.174 e. The molecule has 164 valence electrons. The van der Waals surface area contributed by atoms with Crippen LogP contribution in [0.3, 0.4) is 0 Å². The Morgan fingerprint density at radius 2 is 1.94 bits per heavy atom. The lowest BCUT2D eigenvalue weighted by Gasteiger charge is -2.49. The maximum absolute atomic E-state index is 8.82. The Morgan fingerprint density at radius 3 is 2.71 bits per heavy atom. The van der Waals surface area contributed by atoms with Gasteiger partial charge in [0.1, 0.15) is 17.6 Å². The summed E-state index contributed by atoms with van der Waals surface area (Å²) in [6, 6.07) is 13.3. The van der Waals surface area contributed by atoms with Crippen molar-refractivity contribution in [2.45, 2.75) is 45.2 Å². The molecular weight excluding hydrogens is 410 g/mol. The van der Waals surface area contributed by atoms with Crippen LogP contribution in [-0.4, -0.2) is 44.3 Å². The van der Waals surface area contributed by atoms with Gasteiger partial charge in [-0.2, -0.15) is 5.26 Å². The minimum Gasteiger partial charge on any atom is -0.495 e. The van der Waals surface area contributed by atoms with E-state index in [0.717, 1.165) is 36.7 Å². The van der Waals surface area contributed by atoms with E-state index in [-0.39, 0.29) is 6.61 Å². The van der Waals surface area contributed by atoms with Gasteiger partial charge >= 0.3 is 0 Å². The average molecular weight is 440 g/mol. The number of anilines is 1. The number of rotatable bonds is 5. The van der Waals surface area contributed by atoms with Gasteiger partial charge in [0.15, 0.2) is 6.61 Å². The van der Waals surface area contributed by atoms with E-state index < -0.39 is 0 Å². The molecule has 0 bridgehead atoms. The van der Waals surface area contributed by atoms with E-state index in [2.05, 4.69) is 41.8 Å². The Hall–Kier alpha value is -2.42. The molecule has 0 aliphatic carbocycles. The van der Waals surface area contributed by atoms with Crippen molar-refractivity contribution < 1.29 is 9.47 Å². The molecule has 5 nitrogen and oxygen atoms in total. The van der Waals surface area contributed by atoms with Crippen LogP contribution in [0.15, 0.2) is 30.3 Å². The third-order valence-corrected chi connectivity index (χ3v) is 7.19. The molecule has 0 spiro atoms. The van der Waals surface area contributed by atoms with Crippen LogP contribution >= 0.6 is 11.6 Å². The molecule has 0 amide bonds. The number of nitrogens with zero attached hydrogens (tertiary/aromatic N) is 3. The van der Waals surface area contributed by atoms with Crippen molar-refractivity contribution in [3.05, 3.63) is 52.0 Å². The van der Waals surface area contributed by atoms with E-state index >= 15 is 0 Å². The van der Waals surface area contributed by atoms with E-state index in [1.807, 2.05) is 18.2 Å². The highest BCUT2D eigenvalue weighted by Gasteiger charge is 2.36. The summed E-state index contributed by atoms with van der Waals surface area (Å²) in [7, 11) is 1.66. The first-order chi connectivity index (χ1) is 15.0. The van der Waals surface area contributed by atoms with Gasteiger partial charge in [0.25, 0.3) is 0 Å². The second-order valence-electron chi connectivity index (χ2n) is 8.45. The van der Waals surface area contributed by atoms with Crippen molar-refractivity contribution in [3.63, 3.8) is 0 Å². The summed E-state index contributed by atoms with van der Waals surface area (Å²) >= 11 is 6.22. The van der Waals surface area contributed by atoms with Crippen LogP contribution in [-0.2, 0) is 0 Å². The number of nitriles is 1.